The van der Waals surface area contributed by atoms with Crippen LogP contribution in [0.25, 0.3) is 0 Å². The molecule has 1 rings (SSSR count). The smallest absolute Gasteiger partial charge is 0.0781 e. The molecule has 0 saturated heterocycles. The minimum Gasteiger partial charge on any atom is -0.393 e. The maximum Gasteiger partial charge on any atom is 0.0781 e. The molecule has 0 spiro atoms. The number of hydrogen-bond donors (Lipinski definition) is 2. The van der Waals surface area contributed by atoms with Crippen molar-refractivity contribution in [2.45, 2.75) is 57.8 Å². The number of hydrogen-bond acceptors (Lipinski definition) is 4. The van der Waals surface area contributed by atoms with E-state index in [9.17, 15) is 5.11 Å². The van der Waals surface area contributed by atoms with Crippen LogP contribution in [0.15, 0.2) is 0 Å². The standard InChI is InChI=1S/C13H26O4/c1-10(14)7-17-11(2)8-16-9-12-4-3-5-13(15)6-12/h10-15H,3-9H2,1-2H3. The molecule has 1 fully saturated rings. The van der Waals surface area contributed by atoms with Crippen LogP contribution < -0.4 is 0 Å². The summed E-state index contributed by atoms with van der Waals surface area (Å²) in [5.74, 6) is 0.489. The summed E-state index contributed by atoms with van der Waals surface area (Å²) >= 11 is 0. The van der Waals surface area contributed by atoms with Crippen LogP contribution in [0.5, 0.6) is 0 Å². The third kappa shape index (κ3) is 6.99. The molecule has 0 bridgehead atoms. The summed E-state index contributed by atoms with van der Waals surface area (Å²) in [6, 6.07) is 0. The van der Waals surface area contributed by atoms with Crippen molar-refractivity contribution in [3.63, 3.8) is 0 Å². The monoisotopic (exact) mass is 246 g/mol. The predicted octanol–water partition coefficient (Wildman–Crippen LogP) is 1.34. The van der Waals surface area contributed by atoms with Gasteiger partial charge in [0.25, 0.3) is 0 Å². The van der Waals surface area contributed by atoms with E-state index in [4.69, 9.17) is 14.6 Å². The number of rotatable bonds is 7. The van der Waals surface area contributed by atoms with Gasteiger partial charge in [0, 0.05) is 6.61 Å². The lowest BCUT2D eigenvalue weighted by atomic mass is 9.88. The van der Waals surface area contributed by atoms with Crippen LogP contribution >= 0.6 is 0 Å². The zero-order valence-corrected chi connectivity index (χ0v) is 11.0. The first-order chi connectivity index (χ1) is 8.08. The lowest BCUT2D eigenvalue weighted by Gasteiger charge is -2.26. The molecule has 1 aliphatic rings. The Bertz CT molecular complexity index is 196. The van der Waals surface area contributed by atoms with Gasteiger partial charge in [-0.15, -0.1) is 0 Å². The van der Waals surface area contributed by atoms with Crippen LogP contribution in [0, 0.1) is 5.92 Å². The molecule has 0 aliphatic heterocycles. The van der Waals surface area contributed by atoms with E-state index < -0.39 is 6.10 Å². The zero-order valence-electron chi connectivity index (χ0n) is 11.0. The number of aliphatic hydroxyl groups excluding tert-OH is 2. The summed E-state index contributed by atoms with van der Waals surface area (Å²) in [5.41, 5.74) is 0. The van der Waals surface area contributed by atoms with Gasteiger partial charge in [0.1, 0.15) is 0 Å². The highest BCUT2D eigenvalue weighted by Crippen LogP contribution is 2.24. The zero-order chi connectivity index (χ0) is 12.7. The molecule has 4 nitrogen and oxygen atoms in total. The van der Waals surface area contributed by atoms with Crippen LogP contribution in [0.3, 0.4) is 0 Å². The van der Waals surface area contributed by atoms with Gasteiger partial charge in [-0.25, -0.2) is 0 Å². The van der Waals surface area contributed by atoms with Crippen LogP contribution in [0.1, 0.15) is 39.5 Å². The van der Waals surface area contributed by atoms with Crippen LogP contribution in [-0.2, 0) is 9.47 Å². The Morgan fingerprint density at radius 3 is 2.65 bits per heavy atom. The van der Waals surface area contributed by atoms with Crippen molar-refractivity contribution in [3.05, 3.63) is 0 Å². The summed E-state index contributed by atoms with van der Waals surface area (Å²) in [4.78, 5) is 0. The van der Waals surface area contributed by atoms with Crippen molar-refractivity contribution in [1.29, 1.82) is 0 Å². The van der Waals surface area contributed by atoms with Crippen molar-refractivity contribution >= 4 is 0 Å². The molecule has 17 heavy (non-hydrogen) atoms. The van der Waals surface area contributed by atoms with Gasteiger partial charge in [-0.1, -0.05) is 6.42 Å². The fourth-order valence-corrected chi connectivity index (χ4v) is 2.17. The molecule has 0 amide bonds. The molecule has 2 N–H and O–H groups in total. The second-order valence-corrected chi connectivity index (χ2v) is 5.22. The second-order valence-electron chi connectivity index (χ2n) is 5.22. The number of ether oxygens (including phenoxy) is 2. The molecule has 1 aliphatic carbocycles. The third-order valence-corrected chi connectivity index (χ3v) is 3.08. The van der Waals surface area contributed by atoms with E-state index in [0.717, 1.165) is 25.7 Å². The molecule has 4 atom stereocenters. The molecule has 1 saturated carbocycles. The van der Waals surface area contributed by atoms with Gasteiger partial charge in [0.05, 0.1) is 31.5 Å². The van der Waals surface area contributed by atoms with E-state index in [0.29, 0.717) is 25.7 Å². The fourth-order valence-electron chi connectivity index (χ4n) is 2.17. The van der Waals surface area contributed by atoms with Gasteiger partial charge in [-0.05, 0) is 39.0 Å². The van der Waals surface area contributed by atoms with E-state index in [-0.39, 0.29) is 12.2 Å². The highest BCUT2D eigenvalue weighted by molar-refractivity contribution is 4.71. The lowest BCUT2D eigenvalue weighted by molar-refractivity contribution is -0.0472. The SMILES string of the molecule is CC(O)COC(C)COCC1CCCC(O)C1. The average Bonchev–Trinajstić information content (AvgIpc) is 2.26. The van der Waals surface area contributed by atoms with Crippen molar-refractivity contribution in [3.8, 4) is 0 Å². The van der Waals surface area contributed by atoms with Crippen LogP contribution in [-0.4, -0.2) is 48.3 Å². The van der Waals surface area contributed by atoms with Gasteiger partial charge in [-0.2, -0.15) is 0 Å². The Balaban J connectivity index is 2.02. The normalized spacial score (nSPS) is 28.9. The first-order valence-corrected chi connectivity index (χ1v) is 6.63. The first kappa shape index (κ1) is 14.9. The summed E-state index contributed by atoms with van der Waals surface area (Å²) in [5, 5.41) is 18.6. The molecule has 0 heterocycles. The van der Waals surface area contributed by atoms with E-state index in [1.165, 1.54) is 0 Å². The molecule has 0 aromatic heterocycles. The highest BCUT2D eigenvalue weighted by Gasteiger charge is 2.20. The van der Waals surface area contributed by atoms with Gasteiger partial charge in [-0.3, -0.25) is 0 Å². The van der Waals surface area contributed by atoms with E-state index in [1.54, 1.807) is 6.92 Å². The van der Waals surface area contributed by atoms with Gasteiger partial charge < -0.3 is 19.7 Å². The molecular weight excluding hydrogens is 220 g/mol. The molecule has 4 unspecified atom stereocenters. The van der Waals surface area contributed by atoms with Crippen molar-refractivity contribution in [2.75, 3.05) is 19.8 Å². The maximum absolute atomic E-state index is 9.53. The van der Waals surface area contributed by atoms with Gasteiger partial charge in [0.15, 0.2) is 0 Å². The van der Waals surface area contributed by atoms with Gasteiger partial charge in [0.2, 0.25) is 0 Å². The lowest BCUT2D eigenvalue weighted by Crippen LogP contribution is -2.26. The average molecular weight is 246 g/mol. The highest BCUT2D eigenvalue weighted by atomic mass is 16.5. The summed E-state index contributed by atoms with van der Waals surface area (Å²) in [6.45, 7) is 5.26. The fraction of sp³-hybridized carbons (Fsp3) is 1.00. The quantitative estimate of drug-likeness (QED) is 0.711. The second kappa shape index (κ2) is 8.03. The number of aliphatic hydroxyl groups is 2. The molecule has 4 heteroatoms. The Morgan fingerprint density at radius 1 is 1.24 bits per heavy atom. The molecule has 0 radical (unpaired) electrons. The minimum absolute atomic E-state index is 0.0121. The molecule has 0 aromatic rings. The first-order valence-electron chi connectivity index (χ1n) is 6.63. The maximum atomic E-state index is 9.53. The topological polar surface area (TPSA) is 58.9 Å². The summed E-state index contributed by atoms with van der Waals surface area (Å²) in [6.07, 6.45) is 3.50. The predicted molar refractivity (Wildman–Crippen MR) is 65.9 cm³/mol. The van der Waals surface area contributed by atoms with Crippen LogP contribution in [0.4, 0.5) is 0 Å². The Hall–Kier alpha value is -0.160. The van der Waals surface area contributed by atoms with Gasteiger partial charge >= 0.3 is 0 Å². The molecule has 0 aromatic carbocycles. The van der Waals surface area contributed by atoms with Crippen molar-refractivity contribution in [1.82, 2.24) is 0 Å². The minimum atomic E-state index is -0.425. The Kier molecular flexibility index (Phi) is 7.04. The summed E-state index contributed by atoms with van der Waals surface area (Å²) < 4.78 is 11.0. The van der Waals surface area contributed by atoms with E-state index in [2.05, 4.69) is 0 Å². The Morgan fingerprint density at radius 2 is 2.00 bits per heavy atom. The van der Waals surface area contributed by atoms with E-state index >= 15 is 0 Å². The van der Waals surface area contributed by atoms with E-state index in [1.807, 2.05) is 6.92 Å². The third-order valence-electron chi connectivity index (χ3n) is 3.08. The van der Waals surface area contributed by atoms with Crippen molar-refractivity contribution < 1.29 is 19.7 Å². The van der Waals surface area contributed by atoms with Crippen LogP contribution in [0.2, 0.25) is 0 Å². The molecule has 102 valence electrons. The largest absolute Gasteiger partial charge is 0.393 e. The molecular formula is C13H26O4. The summed E-state index contributed by atoms with van der Waals surface area (Å²) in [7, 11) is 0. The Labute approximate surface area is 104 Å². The van der Waals surface area contributed by atoms with Crippen molar-refractivity contribution in [2.24, 2.45) is 5.92 Å².